The van der Waals surface area contributed by atoms with Crippen LogP contribution in [0.1, 0.15) is 24.2 Å². The lowest BCUT2D eigenvalue weighted by Gasteiger charge is -2.04. The van der Waals surface area contributed by atoms with Gasteiger partial charge in [0, 0.05) is 21.4 Å². The predicted molar refractivity (Wildman–Crippen MR) is 110 cm³/mol. The van der Waals surface area contributed by atoms with Crippen LogP contribution >= 0.6 is 23.1 Å². The zero-order chi connectivity index (χ0) is 18.4. The molecule has 3 rings (SSSR count). The number of benzene rings is 2. The van der Waals surface area contributed by atoms with Crippen molar-refractivity contribution in [3.63, 3.8) is 0 Å². The van der Waals surface area contributed by atoms with Gasteiger partial charge in [0.05, 0.1) is 12.3 Å². The molecule has 2 aromatic carbocycles. The smallest absolute Gasteiger partial charge is 0.257 e. The van der Waals surface area contributed by atoms with Crippen LogP contribution in [0.4, 0.5) is 5.13 Å². The highest BCUT2D eigenvalue weighted by Gasteiger charge is 2.10. The molecule has 0 aliphatic heterocycles. The lowest BCUT2D eigenvalue weighted by molar-refractivity contribution is 0.102. The van der Waals surface area contributed by atoms with Crippen LogP contribution in [0.15, 0.2) is 58.8 Å². The molecule has 0 fully saturated rings. The van der Waals surface area contributed by atoms with Gasteiger partial charge in [0.2, 0.25) is 0 Å². The summed E-state index contributed by atoms with van der Waals surface area (Å²) < 4.78 is 5.45. The Bertz CT molecular complexity index is 858. The maximum atomic E-state index is 12.4. The van der Waals surface area contributed by atoms with Gasteiger partial charge in [-0.05, 0) is 61.2 Å². The summed E-state index contributed by atoms with van der Waals surface area (Å²) in [5.74, 6) is 1.70. The molecule has 0 aliphatic rings. The summed E-state index contributed by atoms with van der Waals surface area (Å²) >= 11 is 3.17. The lowest BCUT2D eigenvalue weighted by Crippen LogP contribution is -2.11. The monoisotopic (exact) mass is 384 g/mol. The average Bonchev–Trinajstić information content (AvgIpc) is 3.12. The first-order valence-electron chi connectivity index (χ1n) is 8.42. The number of thiazole rings is 1. The number of amides is 1. The van der Waals surface area contributed by atoms with E-state index in [1.807, 2.05) is 60.8 Å². The highest BCUT2D eigenvalue weighted by molar-refractivity contribution is 7.99. The Morgan fingerprint density at radius 1 is 1.12 bits per heavy atom. The van der Waals surface area contributed by atoms with E-state index < -0.39 is 0 Å². The first-order valence-corrected chi connectivity index (χ1v) is 10.3. The molecule has 0 atom stereocenters. The van der Waals surface area contributed by atoms with E-state index in [0.717, 1.165) is 27.7 Å². The minimum absolute atomic E-state index is 0.148. The molecule has 0 saturated carbocycles. The Hall–Kier alpha value is -2.31. The van der Waals surface area contributed by atoms with Crippen molar-refractivity contribution in [3.8, 4) is 17.0 Å². The highest BCUT2D eigenvalue weighted by atomic mass is 32.2. The zero-order valence-electron chi connectivity index (χ0n) is 14.7. The Labute approximate surface area is 161 Å². The first-order chi connectivity index (χ1) is 12.7. The quantitative estimate of drug-likeness (QED) is 0.541. The lowest BCUT2D eigenvalue weighted by atomic mass is 10.2. The van der Waals surface area contributed by atoms with E-state index >= 15 is 0 Å². The molecule has 1 N–H and O–H groups in total. The number of nitrogens with zero attached hydrogens (tertiary/aromatic N) is 1. The molecule has 1 amide bonds. The van der Waals surface area contributed by atoms with Crippen molar-refractivity contribution in [2.24, 2.45) is 0 Å². The molecular weight excluding hydrogens is 364 g/mol. The van der Waals surface area contributed by atoms with Crippen molar-refractivity contribution < 1.29 is 9.53 Å². The van der Waals surface area contributed by atoms with Crippen LogP contribution in [0.2, 0.25) is 0 Å². The van der Waals surface area contributed by atoms with Crippen molar-refractivity contribution in [2.45, 2.75) is 18.7 Å². The second kappa shape index (κ2) is 8.87. The molecule has 26 heavy (non-hydrogen) atoms. The van der Waals surface area contributed by atoms with Crippen LogP contribution < -0.4 is 10.1 Å². The number of rotatable bonds is 7. The SMILES string of the molecule is CCOc1ccc(-c2csc(NC(=O)c3ccc(SCC)cc3)n2)cc1. The zero-order valence-corrected chi connectivity index (χ0v) is 16.3. The van der Waals surface area contributed by atoms with Gasteiger partial charge in [0.15, 0.2) is 5.13 Å². The van der Waals surface area contributed by atoms with E-state index in [1.54, 1.807) is 11.8 Å². The van der Waals surface area contributed by atoms with Gasteiger partial charge < -0.3 is 4.74 Å². The molecule has 1 aromatic heterocycles. The fraction of sp³-hybridized carbons (Fsp3) is 0.200. The summed E-state index contributed by atoms with van der Waals surface area (Å²) in [7, 11) is 0. The van der Waals surface area contributed by atoms with Crippen molar-refractivity contribution in [1.82, 2.24) is 4.98 Å². The molecule has 1 heterocycles. The number of carbonyl (C=O) groups is 1. The Morgan fingerprint density at radius 2 is 1.85 bits per heavy atom. The molecule has 0 bridgehead atoms. The number of anilines is 1. The maximum Gasteiger partial charge on any atom is 0.257 e. The molecule has 4 nitrogen and oxygen atoms in total. The fourth-order valence-corrected chi connectivity index (χ4v) is 3.77. The van der Waals surface area contributed by atoms with Gasteiger partial charge in [0.25, 0.3) is 5.91 Å². The van der Waals surface area contributed by atoms with Crippen molar-refractivity contribution >= 4 is 34.1 Å². The number of ether oxygens (including phenoxy) is 1. The normalized spacial score (nSPS) is 10.5. The van der Waals surface area contributed by atoms with Crippen LogP contribution in [0.25, 0.3) is 11.3 Å². The highest BCUT2D eigenvalue weighted by Crippen LogP contribution is 2.27. The van der Waals surface area contributed by atoms with Gasteiger partial charge in [-0.25, -0.2) is 4.98 Å². The van der Waals surface area contributed by atoms with Crippen molar-refractivity contribution in [3.05, 3.63) is 59.5 Å². The molecule has 6 heteroatoms. The summed E-state index contributed by atoms with van der Waals surface area (Å²) in [5.41, 5.74) is 2.46. The standard InChI is InChI=1S/C20H20N2O2S2/c1-3-24-16-9-5-14(6-10-16)18-13-26-20(21-18)22-19(23)15-7-11-17(12-8-15)25-4-2/h5-13H,3-4H2,1-2H3,(H,21,22,23). The number of carbonyl (C=O) groups excluding carboxylic acids is 1. The molecule has 0 saturated heterocycles. The third-order valence-corrected chi connectivity index (χ3v) is 5.27. The van der Waals surface area contributed by atoms with E-state index in [-0.39, 0.29) is 5.91 Å². The van der Waals surface area contributed by atoms with Gasteiger partial charge in [-0.1, -0.05) is 6.92 Å². The summed E-state index contributed by atoms with van der Waals surface area (Å²) in [6.45, 7) is 4.71. The second-order valence-corrected chi connectivity index (χ2v) is 7.60. The molecular formula is C20H20N2O2S2. The topological polar surface area (TPSA) is 51.2 Å². The van der Waals surface area contributed by atoms with Crippen LogP contribution in [0.3, 0.4) is 0 Å². The summed E-state index contributed by atoms with van der Waals surface area (Å²) in [5, 5.41) is 5.39. The fourth-order valence-electron chi connectivity index (χ4n) is 2.39. The number of nitrogens with one attached hydrogen (secondary N) is 1. The number of thioether (sulfide) groups is 1. The third kappa shape index (κ3) is 4.65. The summed E-state index contributed by atoms with van der Waals surface area (Å²) in [6, 6.07) is 15.4. The minimum Gasteiger partial charge on any atom is -0.494 e. The van der Waals surface area contributed by atoms with Crippen molar-refractivity contribution in [2.75, 3.05) is 17.7 Å². The number of hydrogen-bond donors (Lipinski definition) is 1. The van der Waals surface area contributed by atoms with Gasteiger partial charge >= 0.3 is 0 Å². The average molecular weight is 385 g/mol. The molecule has 0 unspecified atom stereocenters. The molecule has 0 spiro atoms. The Kier molecular flexibility index (Phi) is 6.30. The van der Waals surface area contributed by atoms with Crippen LogP contribution in [0.5, 0.6) is 5.75 Å². The summed E-state index contributed by atoms with van der Waals surface area (Å²) in [6.07, 6.45) is 0. The number of aromatic nitrogens is 1. The van der Waals surface area contributed by atoms with Crippen LogP contribution in [-0.4, -0.2) is 23.3 Å². The van der Waals surface area contributed by atoms with Gasteiger partial charge in [-0.2, -0.15) is 0 Å². The van der Waals surface area contributed by atoms with Gasteiger partial charge in [-0.15, -0.1) is 23.1 Å². The van der Waals surface area contributed by atoms with E-state index in [1.165, 1.54) is 11.3 Å². The van der Waals surface area contributed by atoms with E-state index in [4.69, 9.17) is 4.74 Å². The van der Waals surface area contributed by atoms with E-state index in [9.17, 15) is 4.79 Å². The second-order valence-electron chi connectivity index (χ2n) is 5.41. The van der Waals surface area contributed by atoms with Gasteiger partial charge in [-0.3, -0.25) is 10.1 Å². The number of hydrogen-bond acceptors (Lipinski definition) is 5. The Morgan fingerprint density at radius 3 is 2.50 bits per heavy atom. The molecule has 0 aliphatic carbocycles. The van der Waals surface area contributed by atoms with Crippen LogP contribution in [-0.2, 0) is 0 Å². The molecule has 134 valence electrons. The van der Waals surface area contributed by atoms with Crippen molar-refractivity contribution in [1.29, 1.82) is 0 Å². The molecule has 0 radical (unpaired) electrons. The van der Waals surface area contributed by atoms with Gasteiger partial charge in [0.1, 0.15) is 5.75 Å². The molecule has 3 aromatic rings. The van der Waals surface area contributed by atoms with Crippen LogP contribution in [0, 0.1) is 0 Å². The predicted octanol–water partition coefficient (Wildman–Crippen LogP) is 5.57. The largest absolute Gasteiger partial charge is 0.494 e. The van der Waals surface area contributed by atoms with E-state index in [2.05, 4.69) is 17.2 Å². The maximum absolute atomic E-state index is 12.4. The minimum atomic E-state index is -0.148. The third-order valence-electron chi connectivity index (χ3n) is 3.61. The van der Waals surface area contributed by atoms with E-state index in [0.29, 0.717) is 17.3 Å². The first kappa shape index (κ1) is 18.5. The summed E-state index contributed by atoms with van der Waals surface area (Å²) in [4.78, 5) is 18.1. The Balaban J connectivity index is 1.66.